The van der Waals surface area contributed by atoms with E-state index in [1.165, 1.54) is 53.4 Å². The molecule has 7 rings (SSSR count). The highest BCUT2D eigenvalue weighted by atomic mass is 32.2. The van der Waals surface area contributed by atoms with Gasteiger partial charge in [0.25, 0.3) is 21.9 Å². The molecule has 4 aromatic rings. The van der Waals surface area contributed by atoms with Gasteiger partial charge in [-0.05, 0) is 79.7 Å². The third kappa shape index (κ3) is 13.9. The Hall–Kier alpha value is -7.14. The smallest absolute Gasteiger partial charge is 0.414 e. The molecular formula is C46H50F2N8O11S. The first-order chi connectivity index (χ1) is 32.5. The summed E-state index contributed by atoms with van der Waals surface area (Å²) < 4.78 is 69.9. The van der Waals surface area contributed by atoms with Gasteiger partial charge in [0, 0.05) is 61.8 Å². The lowest BCUT2D eigenvalue weighted by Crippen LogP contribution is -2.49. The first-order valence-electron chi connectivity index (χ1n) is 21.4. The number of amides is 4. The molecule has 0 bridgehead atoms. The summed E-state index contributed by atoms with van der Waals surface area (Å²) in [5, 5.41) is 20.9. The maximum Gasteiger partial charge on any atom is 0.414 e. The molecule has 360 valence electrons. The topological polar surface area (TPSA) is 241 Å². The summed E-state index contributed by atoms with van der Waals surface area (Å²) in [4.78, 5) is 67.9. The van der Waals surface area contributed by atoms with Gasteiger partial charge in [0.2, 0.25) is 0 Å². The zero-order valence-corrected chi connectivity index (χ0v) is 37.9. The van der Waals surface area contributed by atoms with E-state index >= 15 is 0 Å². The minimum Gasteiger partial charge on any atom is -0.466 e. The van der Waals surface area contributed by atoms with Crippen molar-refractivity contribution in [2.45, 2.75) is 25.6 Å². The summed E-state index contributed by atoms with van der Waals surface area (Å²) in [6, 6.07) is 23.7. The Kier molecular flexibility index (Phi) is 17.0. The summed E-state index contributed by atoms with van der Waals surface area (Å²) in [7, 11) is -3.65. The Morgan fingerprint density at radius 1 is 0.691 bits per heavy atom. The highest BCUT2D eigenvalue weighted by Crippen LogP contribution is 2.25. The van der Waals surface area contributed by atoms with E-state index < -0.39 is 51.9 Å². The van der Waals surface area contributed by atoms with Crippen molar-refractivity contribution in [3.8, 4) is 0 Å². The number of carbonyl (C=O) groups is 5. The number of anilines is 2. The van der Waals surface area contributed by atoms with Crippen LogP contribution in [0.15, 0.2) is 97.1 Å². The van der Waals surface area contributed by atoms with Gasteiger partial charge in [0.15, 0.2) is 0 Å². The number of nitrogens with zero attached hydrogens (tertiary/aromatic N) is 4. The first-order valence-corrected chi connectivity index (χ1v) is 23.2. The molecule has 0 aliphatic carbocycles. The number of carbonyl (C=O) groups excluding carboxylic acids is 5. The zero-order valence-electron chi connectivity index (χ0n) is 37.1. The molecule has 0 saturated carbocycles. The van der Waals surface area contributed by atoms with Gasteiger partial charge in [-0.25, -0.2) is 18.4 Å². The number of amidine groups is 2. The monoisotopic (exact) mass is 960 g/mol. The number of ether oxygens (including phenoxy) is 3. The van der Waals surface area contributed by atoms with E-state index in [0.29, 0.717) is 55.2 Å². The summed E-state index contributed by atoms with van der Waals surface area (Å²) in [6.45, 7) is 7.04. The van der Waals surface area contributed by atoms with Crippen molar-refractivity contribution < 1.29 is 59.6 Å². The number of piperazine rings is 1. The quantitative estimate of drug-likeness (QED) is 0.0427. The van der Waals surface area contributed by atoms with E-state index in [1.807, 2.05) is 0 Å². The molecule has 4 amide bonds. The Morgan fingerprint density at radius 2 is 1.13 bits per heavy atom. The maximum atomic E-state index is 13.8. The van der Waals surface area contributed by atoms with E-state index in [-0.39, 0.29) is 48.0 Å². The van der Waals surface area contributed by atoms with Gasteiger partial charge in [-0.2, -0.15) is 8.42 Å². The molecule has 3 heterocycles. The molecule has 3 aliphatic rings. The van der Waals surface area contributed by atoms with Crippen LogP contribution < -0.4 is 20.4 Å². The molecule has 22 heteroatoms. The van der Waals surface area contributed by atoms with Crippen LogP contribution >= 0.6 is 0 Å². The van der Waals surface area contributed by atoms with Gasteiger partial charge in [-0.3, -0.25) is 44.1 Å². The normalized spacial score (nSPS) is 17.4. The standard InChI is InChI=1S/C27H32FN5O5.C19H18FN3O6S/c1-2-37-24(34)11-12-31-13-15-32(16-14-31)17-21-18-33(27(36)38-21)20-9-7-19(8-10-20)25(29)30-26(35)22-5-3-4-6-23(22)28;1-30(26,27)28-11-14-10-23(19(25)29-14)13-8-6-12(7-9-13)17(21)22-18(24)15-4-2-3-5-16(15)20/h3-10,21H,2,11-18H2,1H3,(H2,29,30,35);2-9,14H,10-11H2,1H3,(H2,21,22,24). The van der Waals surface area contributed by atoms with Gasteiger partial charge < -0.3 is 29.7 Å². The van der Waals surface area contributed by atoms with E-state index in [2.05, 4.69) is 24.6 Å². The van der Waals surface area contributed by atoms with Gasteiger partial charge in [-0.15, -0.1) is 0 Å². The van der Waals surface area contributed by atoms with Gasteiger partial charge in [0.1, 0.15) is 42.1 Å². The molecular weight excluding hydrogens is 911 g/mol. The molecule has 3 saturated heterocycles. The second-order valence-corrected chi connectivity index (χ2v) is 17.3. The molecule has 2 unspecified atom stereocenters. The second-order valence-electron chi connectivity index (χ2n) is 15.6. The first kappa shape index (κ1) is 50.3. The summed E-state index contributed by atoms with van der Waals surface area (Å²) >= 11 is 0. The molecule has 3 fully saturated rings. The van der Waals surface area contributed by atoms with Crippen LogP contribution in [0.4, 0.5) is 29.7 Å². The van der Waals surface area contributed by atoms with Crippen LogP contribution in [0.2, 0.25) is 0 Å². The predicted molar refractivity (Wildman–Crippen MR) is 244 cm³/mol. The molecule has 19 nitrogen and oxygen atoms in total. The van der Waals surface area contributed by atoms with E-state index in [0.717, 1.165) is 38.5 Å². The van der Waals surface area contributed by atoms with Crippen LogP contribution in [-0.4, -0.2) is 144 Å². The summed E-state index contributed by atoms with van der Waals surface area (Å²) in [5.41, 5.74) is 1.52. The van der Waals surface area contributed by atoms with Crippen molar-refractivity contribution in [1.82, 2.24) is 20.4 Å². The number of hydrogen-bond donors (Lipinski definition) is 4. The maximum absolute atomic E-state index is 13.8. The molecule has 2 atom stereocenters. The fourth-order valence-electron chi connectivity index (χ4n) is 7.22. The van der Waals surface area contributed by atoms with Crippen LogP contribution in [0.5, 0.6) is 0 Å². The Labute approximate surface area is 391 Å². The highest BCUT2D eigenvalue weighted by molar-refractivity contribution is 7.86. The van der Waals surface area contributed by atoms with Gasteiger partial charge in [0.05, 0.1) is 43.5 Å². The minimum atomic E-state index is -3.65. The lowest BCUT2D eigenvalue weighted by molar-refractivity contribution is -0.143. The lowest BCUT2D eigenvalue weighted by atomic mass is 10.1. The number of halogens is 2. The van der Waals surface area contributed by atoms with Crippen molar-refractivity contribution in [3.05, 3.63) is 131 Å². The Morgan fingerprint density at radius 3 is 1.59 bits per heavy atom. The minimum absolute atomic E-state index is 0.0924. The van der Waals surface area contributed by atoms with E-state index in [9.17, 15) is 41.2 Å². The predicted octanol–water partition coefficient (Wildman–Crippen LogP) is 4.36. The third-order valence-electron chi connectivity index (χ3n) is 10.7. The number of benzene rings is 4. The molecule has 0 spiro atoms. The van der Waals surface area contributed by atoms with Crippen LogP contribution in [0, 0.1) is 22.5 Å². The fourth-order valence-corrected chi connectivity index (χ4v) is 7.62. The fraction of sp³-hybridized carbons (Fsp3) is 0.326. The number of cyclic esters (lactones) is 2. The van der Waals surface area contributed by atoms with E-state index in [4.69, 9.17) is 25.0 Å². The second kappa shape index (κ2) is 23.0. The molecule has 0 radical (unpaired) electrons. The summed E-state index contributed by atoms with van der Waals surface area (Å²) in [5.74, 6) is -3.40. The van der Waals surface area contributed by atoms with Crippen LogP contribution in [0.3, 0.4) is 0 Å². The van der Waals surface area contributed by atoms with Crippen molar-refractivity contribution >= 4 is 63.1 Å². The summed E-state index contributed by atoms with van der Waals surface area (Å²) in [6.07, 6.45) is -0.817. The molecule has 4 N–H and O–H groups in total. The van der Waals surface area contributed by atoms with Crippen LogP contribution in [-0.2, 0) is 33.3 Å². The van der Waals surface area contributed by atoms with Gasteiger partial charge in [-0.1, -0.05) is 24.3 Å². The average molecular weight is 961 g/mol. The largest absolute Gasteiger partial charge is 0.466 e. The Balaban J connectivity index is 0.000000230. The number of hydrogen-bond acceptors (Lipinski definition) is 15. The molecule has 4 aromatic carbocycles. The molecule has 3 aliphatic heterocycles. The number of esters is 1. The molecule has 0 aromatic heterocycles. The molecule has 68 heavy (non-hydrogen) atoms. The number of rotatable bonds is 15. The van der Waals surface area contributed by atoms with E-state index in [1.54, 1.807) is 54.3 Å². The number of nitrogens with one attached hydrogen (secondary N) is 4. The van der Waals surface area contributed by atoms with Crippen molar-refractivity contribution in [2.75, 3.05) is 81.6 Å². The van der Waals surface area contributed by atoms with Crippen molar-refractivity contribution in [2.24, 2.45) is 0 Å². The zero-order chi connectivity index (χ0) is 49.0. The third-order valence-corrected chi connectivity index (χ3v) is 11.3. The highest BCUT2D eigenvalue weighted by Gasteiger charge is 2.35. The lowest BCUT2D eigenvalue weighted by Gasteiger charge is -2.35. The van der Waals surface area contributed by atoms with Crippen LogP contribution in [0.25, 0.3) is 0 Å². The van der Waals surface area contributed by atoms with Crippen LogP contribution in [0.1, 0.15) is 45.2 Å². The van der Waals surface area contributed by atoms with Crippen molar-refractivity contribution in [1.29, 1.82) is 10.8 Å². The van der Waals surface area contributed by atoms with Crippen molar-refractivity contribution in [3.63, 3.8) is 0 Å². The van der Waals surface area contributed by atoms with Gasteiger partial charge >= 0.3 is 18.2 Å². The SMILES string of the molecule is CCOC(=O)CCN1CCN(CC2CN(c3ccc(C(=N)NC(=O)c4ccccc4F)cc3)C(=O)O2)CC1.CS(=O)(=O)OCC1CN(c2ccc(C(=N)NC(=O)c3ccccc3F)cc2)C(=O)O1. The Bertz CT molecular complexity index is 2610. The average Bonchev–Trinajstić information content (AvgIpc) is 3.88.